The Labute approximate surface area is 65.5 Å². The van der Waals surface area contributed by atoms with E-state index in [4.69, 9.17) is 11.5 Å². The van der Waals surface area contributed by atoms with Crippen LogP contribution >= 0.6 is 0 Å². The number of carbonyl (C=O) groups excluding carboxylic acids is 1. The molecule has 0 radical (unpaired) electrons. The minimum atomic E-state index is -0.553. The van der Waals surface area contributed by atoms with Crippen molar-refractivity contribution in [1.29, 1.82) is 0 Å². The lowest BCUT2D eigenvalue weighted by Crippen LogP contribution is -2.12. The second-order valence-electron chi connectivity index (χ2n) is 2.02. The van der Waals surface area contributed by atoms with Crippen molar-refractivity contribution in [3.05, 3.63) is 23.5 Å². The first kappa shape index (κ1) is 9.55. The zero-order chi connectivity index (χ0) is 8.85. The third-order valence-corrected chi connectivity index (χ3v) is 0.947. The predicted octanol–water partition coefficient (Wildman–Crippen LogP) is -0.135. The van der Waals surface area contributed by atoms with Crippen molar-refractivity contribution >= 4 is 5.97 Å². The van der Waals surface area contributed by atoms with Crippen molar-refractivity contribution in [2.45, 2.75) is 6.92 Å². The van der Waals surface area contributed by atoms with Crippen LogP contribution in [0.1, 0.15) is 6.92 Å². The summed E-state index contributed by atoms with van der Waals surface area (Å²) < 4.78 is 4.34. The van der Waals surface area contributed by atoms with E-state index in [2.05, 4.69) is 4.74 Å². The number of ether oxygens (including phenoxy) is 1. The highest BCUT2D eigenvalue weighted by atomic mass is 16.5. The van der Waals surface area contributed by atoms with Gasteiger partial charge in [0.1, 0.15) is 5.70 Å². The van der Waals surface area contributed by atoms with Gasteiger partial charge < -0.3 is 16.2 Å². The number of allylic oxidation sites excluding steroid dienone is 3. The molecule has 0 bridgehead atoms. The lowest BCUT2D eigenvalue weighted by Gasteiger charge is -1.95. The average Bonchev–Trinajstić information content (AvgIpc) is 1.98. The number of esters is 1. The molecule has 0 amide bonds. The molecule has 0 aliphatic heterocycles. The van der Waals surface area contributed by atoms with E-state index in [-0.39, 0.29) is 5.70 Å². The van der Waals surface area contributed by atoms with Gasteiger partial charge in [-0.05, 0) is 19.1 Å². The summed E-state index contributed by atoms with van der Waals surface area (Å²) in [4.78, 5) is 10.6. The molecule has 4 N–H and O–H groups in total. The fraction of sp³-hybridized carbons (Fsp3) is 0.286. The highest BCUT2D eigenvalue weighted by molar-refractivity contribution is 5.87. The topological polar surface area (TPSA) is 78.3 Å². The highest BCUT2D eigenvalue weighted by Gasteiger charge is 2.00. The molecule has 0 unspecified atom stereocenters. The molecule has 0 spiro atoms. The van der Waals surface area contributed by atoms with Crippen molar-refractivity contribution in [3.8, 4) is 0 Å². The molecular weight excluding hydrogens is 144 g/mol. The van der Waals surface area contributed by atoms with Crippen LogP contribution in [0.2, 0.25) is 0 Å². The molecule has 4 heteroatoms. The second-order valence-corrected chi connectivity index (χ2v) is 2.02. The Morgan fingerprint density at radius 1 is 1.36 bits per heavy atom. The molecule has 0 aliphatic carbocycles. The number of rotatable bonds is 2. The van der Waals surface area contributed by atoms with Gasteiger partial charge in [0.05, 0.1) is 7.11 Å². The number of hydrogen-bond acceptors (Lipinski definition) is 4. The monoisotopic (exact) mass is 156 g/mol. The number of carbonyl (C=O) groups is 1. The standard InChI is InChI=1S/C7H12N2O2/c1-5(8)3-4-6(9)7(10)11-2/h3-4H,8-9H2,1-2H3/b5-3+,6-4-. The Morgan fingerprint density at radius 2 is 1.91 bits per heavy atom. The first-order valence-electron chi connectivity index (χ1n) is 3.05. The van der Waals surface area contributed by atoms with Gasteiger partial charge in [-0.25, -0.2) is 4.79 Å². The minimum Gasteiger partial charge on any atom is -0.464 e. The summed E-state index contributed by atoms with van der Waals surface area (Å²) in [5.41, 5.74) is 11.2. The molecule has 0 aromatic rings. The number of methoxy groups -OCH3 is 1. The maximum Gasteiger partial charge on any atom is 0.353 e. The number of nitrogens with two attached hydrogens (primary N) is 2. The second kappa shape index (κ2) is 4.38. The van der Waals surface area contributed by atoms with Crippen LogP contribution in [0.5, 0.6) is 0 Å². The molecule has 0 saturated carbocycles. The highest BCUT2D eigenvalue weighted by Crippen LogP contribution is 1.90. The zero-order valence-electron chi connectivity index (χ0n) is 6.63. The van der Waals surface area contributed by atoms with Gasteiger partial charge in [0.15, 0.2) is 0 Å². The molecule has 0 atom stereocenters. The van der Waals surface area contributed by atoms with Crippen LogP contribution in [-0.2, 0) is 9.53 Å². The van der Waals surface area contributed by atoms with E-state index in [0.717, 1.165) is 0 Å². The predicted molar refractivity (Wildman–Crippen MR) is 42.2 cm³/mol. The van der Waals surface area contributed by atoms with Crippen molar-refractivity contribution < 1.29 is 9.53 Å². The van der Waals surface area contributed by atoms with Crippen LogP contribution in [-0.4, -0.2) is 13.1 Å². The molecule has 0 saturated heterocycles. The van der Waals surface area contributed by atoms with Gasteiger partial charge in [-0.1, -0.05) is 0 Å². The van der Waals surface area contributed by atoms with Crippen LogP contribution in [0.3, 0.4) is 0 Å². The lowest BCUT2D eigenvalue weighted by atomic mass is 10.3. The Bertz CT molecular complexity index is 202. The molecule has 0 heterocycles. The zero-order valence-corrected chi connectivity index (χ0v) is 6.63. The molecule has 62 valence electrons. The van der Waals surface area contributed by atoms with Crippen molar-refractivity contribution in [1.82, 2.24) is 0 Å². The van der Waals surface area contributed by atoms with Crippen LogP contribution in [0.4, 0.5) is 0 Å². The van der Waals surface area contributed by atoms with Crippen LogP contribution < -0.4 is 11.5 Å². The molecular formula is C7H12N2O2. The summed E-state index contributed by atoms with van der Waals surface area (Å²) in [5.74, 6) is -0.553. The van der Waals surface area contributed by atoms with Gasteiger partial charge in [-0.15, -0.1) is 0 Å². The average molecular weight is 156 g/mol. The van der Waals surface area contributed by atoms with E-state index in [9.17, 15) is 4.79 Å². The van der Waals surface area contributed by atoms with Gasteiger partial charge in [-0.3, -0.25) is 0 Å². The first-order valence-corrected chi connectivity index (χ1v) is 3.05. The Kier molecular flexibility index (Phi) is 3.80. The van der Waals surface area contributed by atoms with Crippen LogP contribution in [0.25, 0.3) is 0 Å². The summed E-state index contributed by atoms with van der Waals surface area (Å²) in [6, 6.07) is 0. The van der Waals surface area contributed by atoms with Gasteiger partial charge in [0.2, 0.25) is 0 Å². The SMILES string of the molecule is COC(=O)/C(N)=C/C=C(\C)N. The molecule has 11 heavy (non-hydrogen) atoms. The van der Waals surface area contributed by atoms with Gasteiger partial charge in [0, 0.05) is 5.70 Å². The van der Waals surface area contributed by atoms with E-state index in [0.29, 0.717) is 5.70 Å². The third-order valence-electron chi connectivity index (χ3n) is 0.947. The maximum atomic E-state index is 10.6. The van der Waals surface area contributed by atoms with Gasteiger partial charge in [-0.2, -0.15) is 0 Å². The molecule has 0 fully saturated rings. The smallest absolute Gasteiger partial charge is 0.353 e. The Balaban J connectivity index is 4.23. The van der Waals surface area contributed by atoms with Gasteiger partial charge >= 0.3 is 5.97 Å². The van der Waals surface area contributed by atoms with E-state index in [1.165, 1.54) is 19.3 Å². The maximum absolute atomic E-state index is 10.6. The normalized spacial score (nSPS) is 12.9. The van der Waals surface area contributed by atoms with E-state index in [1.807, 2.05) is 0 Å². The van der Waals surface area contributed by atoms with Crippen molar-refractivity contribution in [2.75, 3.05) is 7.11 Å². The summed E-state index contributed by atoms with van der Waals surface area (Å²) in [6.45, 7) is 1.70. The quantitative estimate of drug-likeness (QED) is 0.331. The summed E-state index contributed by atoms with van der Waals surface area (Å²) in [6.07, 6.45) is 2.94. The number of hydrogen-bond donors (Lipinski definition) is 2. The van der Waals surface area contributed by atoms with E-state index >= 15 is 0 Å². The van der Waals surface area contributed by atoms with Gasteiger partial charge in [0.25, 0.3) is 0 Å². The summed E-state index contributed by atoms with van der Waals surface area (Å²) in [7, 11) is 1.27. The largest absolute Gasteiger partial charge is 0.464 e. The molecule has 0 aliphatic rings. The van der Waals surface area contributed by atoms with Crippen LogP contribution in [0, 0.1) is 0 Å². The fourth-order valence-corrected chi connectivity index (χ4v) is 0.407. The minimum absolute atomic E-state index is 0.0392. The Morgan fingerprint density at radius 3 is 2.27 bits per heavy atom. The first-order chi connectivity index (χ1) is 5.07. The molecule has 0 aromatic carbocycles. The summed E-state index contributed by atoms with van der Waals surface area (Å²) >= 11 is 0. The molecule has 0 rings (SSSR count). The van der Waals surface area contributed by atoms with E-state index in [1.54, 1.807) is 6.92 Å². The van der Waals surface area contributed by atoms with Crippen molar-refractivity contribution in [2.24, 2.45) is 11.5 Å². The van der Waals surface area contributed by atoms with Crippen molar-refractivity contribution in [3.63, 3.8) is 0 Å². The Hall–Kier alpha value is -1.45. The van der Waals surface area contributed by atoms with Crippen LogP contribution in [0.15, 0.2) is 23.5 Å². The molecule has 0 aromatic heterocycles. The fourth-order valence-electron chi connectivity index (χ4n) is 0.407. The van der Waals surface area contributed by atoms with E-state index < -0.39 is 5.97 Å². The summed E-state index contributed by atoms with van der Waals surface area (Å²) in [5, 5.41) is 0. The lowest BCUT2D eigenvalue weighted by molar-refractivity contribution is -0.136. The third kappa shape index (κ3) is 4.02. The molecule has 4 nitrogen and oxygen atoms in total.